The summed E-state index contributed by atoms with van der Waals surface area (Å²) in [6.45, 7) is 4.25. The summed E-state index contributed by atoms with van der Waals surface area (Å²) < 4.78 is 2.10. The van der Waals surface area contributed by atoms with E-state index in [-0.39, 0.29) is 0 Å². The van der Waals surface area contributed by atoms with Gasteiger partial charge < -0.3 is 9.80 Å². The van der Waals surface area contributed by atoms with Gasteiger partial charge in [-0.1, -0.05) is 0 Å². The van der Waals surface area contributed by atoms with E-state index in [0.29, 0.717) is 5.88 Å². The van der Waals surface area contributed by atoms with Gasteiger partial charge in [-0.2, -0.15) is 0 Å². The number of thiazole rings is 1. The second kappa shape index (κ2) is 4.48. The van der Waals surface area contributed by atoms with E-state index in [1.54, 1.807) is 11.3 Å². The lowest BCUT2D eigenvalue weighted by Crippen LogP contribution is -2.45. The lowest BCUT2D eigenvalue weighted by Gasteiger charge is -2.33. The Kier molecular flexibility index (Phi) is 2.98. The lowest BCUT2D eigenvalue weighted by molar-refractivity contribution is 0.312. The molecular formula is C11H15ClN4S. The summed E-state index contributed by atoms with van der Waals surface area (Å²) in [5.74, 6) is 1.58. The maximum absolute atomic E-state index is 6.06. The van der Waals surface area contributed by atoms with Crippen molar-refractivity contribution >= 4 is 33.7 Å². The molecule has 6 heteroatoms. The molecule has 3 heterocycles. The second-order valence-electron chi connectivity index (χ2n) is 4.36. The number of fused-ring (bicyclic) bond motifs is 1. The molecule has 2 aromatic heterocycles. The van der Waals surface area contributed by atoms with Crippen molar-refractivity contribution in [2.24, 2.45) is 0 Å². The SMILES string of the molecule is CN1CCN(c2nc3sccn3c2CCl)CC1. The van der Waals surface area contributed by atoms with Gasteiger partial charge in [0.15, 0.2) is 10.8 Å². The average molecular weight is 271 g/mol. The topological polar surface area (TPSA) is 23.8 Å². The van der Waals surface area contributed by atoms with Crippen molar-refractivity contribution in [1.29, 1.82) is 0 Å². The van der Waals surface area contributed by atoms with Crippen LogP contribution < -0.4 is 4.90 Å². The molecule has 1 fully saturated rings. The van der Waals surface area contributed by atoms with Gasteiger partial charge in [0.2, 0.25) is 0 Å². The molecule has 0 unspecified atom stereocenters. The zero-order valence-corrected chi connectivity index (χ0v) is 11.3. The van der Waals surface area contributed by atoms with E-state index in [0.717, 1.165) is 42.7 Å². The molecule has 0 N–H and O–H groups in total. The van der Waals surface area contributed by atoms with E-state index in [2.05, 4.69) is 21.2 Å². The minimum absolute atomic E-state index is 0.513. The summed E-state index contributed by atoms with van der Waals surface area (Å²) in [7, 11) is 2.16. The van der Waals surface area contributed by atoms with Gasteiger partial charge in [-0.3, -0.25) is 4.40 Å². The van der Waals surface area contributed by atoms with Crippen LogP contribution in [0.4, 0.5) is 5.82 Å². The number of hydrogen-bond acceptors (Lipinski definition) is 4. The Morgan fingerprint density at radius 2 is 2.12 bits per heavy atom. The number of rotatable bonds is 2. The van der Waals surface area contributed by atoms with Gasteiger partial charge in [0, 0.05) is 37.8 Å². The highest BCUT2D eigenvalue weighted by atomic mass is 35.5. The van der Waals surface area contributed by atoms with E-state index in [9.17, 15) is 0 Å². The van der Waals surface area contributed by atoms with Crippen molar-refractivity contribution < 1.29 is 0 Å². The van der Waals surface area contributed by atoms with E-state index in [4.69, 9.17) is 16.6 Å². The van der Waals surface area contributed by atoms with Crippen LogP contribution in [0.25, 0.3) is 4.96 Å². The maximum atomic E-state index is 6.06. The summed E-state index contributed by atoms with van der Waals surface area (Å²) >= 11 is 7.72. The molecule has 0 aromatic carbocycles. The third-order valence-corrected chi connectivity index (χ3v) is 4.28. The van der Waals surface area contributed by atoms with E-state index in [1.807, 2.05) is 11.6 Å². The highest BCUT2D eigenvalue weighted by Gasteiger charge is 2.21. The largest absolute Gasteiger partial charge is 0.352 e. The predicted molar refractivity (Wildman–Crippen MR) is 72.3 cm³/mol. The zero-order valence-electron chi connectivity index (χ0n) is 9.77. The van der Waals surface area contributed by atoms with Gasteiger partial charge in [0.25, 0.3) is 0 Å². The van der Waals surface area contributed by atoms with Gasteiger partial charge in [0.1, 0.15) is 0 Å². The van der Waals surface area contributed by atoms with Gasteiger partial charge >= 0.3 is 0 Å². The van der Waals surface area contributed by atoms with E-state index in [1.165, 1.54) is 0 Å². The molecule has 1 aliphatic heterocycles. The molecule has 1 saturated heterocycles. The third-order valence-electron chi connectivity index (χ3n) is 3.27. The molecular weight excluding hydrogens is 256 g/mol. The predicted octanol–water partition coefficient (Wildman–Crippen LogP) is 1.89. The van der Waals surface area contributed by atoms with Crippen molar-refractivity contribution in [3.63, 3.8) is 0 Å². The Bertz CT molecular complexity index is 512. The Hall–Kier alpha value is -0.780. The summed E-state index contributed by atoms with van der Waals surface area (Å²) in [6, 6.07) is 0. The van der Waals surface area contributed by atoms with Crippen molar-refractivity contribution in [3.05, 3.63) is 17.3 Å². The van der Waals surface area contributed by atoms with Gasteiger partial charge in [0.05, 0.1) is 11.6 Å². The molecule has 0 amide bonds. The first-order valence-electron chi connectivity index (χ1n) is 5.73. The molecule has 1 aliphatic rings. The highest BCUT2D eigenvalue weighted by Crippen LogP contribution is 2.26. The maximum Gasteiger partial charge on any atom is 0.195 e. The minimum atomic E-state index is 0.513. The number of likely N-dealkylation sites (N-methyl/N-ethyl adjacent to an activating group) is 1. The van der Waals surface area contributed by atoms with Gasteiger partial charge in [-0.05, 0) is 7.05 Å². The Morgan fingerprint density at radius 1 is 1.35 bits per heavy atom. The Labute approximate surface area is 109 Å². The molecule has 4 nitrogen and oxygen atoms in total. The molecule has 0 saturated carbocycles. The van der Waals surface area contributed by atoms with Crippen LogP contribution in [-0.2, 0) is 5.88 Å². The molecule has 0 bridgehead atoms. The van der Waals surface area contributed by atoms with Crippen molar-refractivity contribution in [3.8, 4) is 0 Å². The van der Waals surface area contributed by atoms with Crippen LogP contribution in [0, 0.1) is 0 Å². The van der Waals surface area contributed by atoms with Crippen LogP contribution in [0.2, 0.25) is 0 Å². The molecule has 0 radical (unpaired) electrons. The molecule has 17 heavy (non-hydrogen) atoms. The fourth-order valence-electron chi connectivity index (χ4n) is 2.22. The first kappa shape index (κ1) is 11.3. The number of nitrogens with zero attached hydrogens (tertiary/aromatic N) is 4. The van der Waals surface area contributed by atoms with Crippen LogP contribution in [0.15, 0.2) is 11.6 Å². The standard InChI is InChI=1S/C11H15ClN4S/c1-14-2-4-15(5-3-14)10-9(8-12)16-6-7-17-11(16)13-10/h6-7H,2-5,8H2,1H3. The van der Waals surface area contributed by atoms with Gasteiger partial charge in [-0.25, -0.2) is 4.98 Å². The number of aromatic nitrogens is 2. The summed E-state index contributed by atoms with van der Waals surface area (Å²) in [5, 5.41) is 2.05. The molecule has 3 rings (SSSR count). The van der Waals surface area contributed by atoms with Crippen molar-refractivity contribution in [2.75, 3.05) is 38.1 Å². The summed E-state index contributed by atoms with van der Waals surface area (Å²) in [5.41, 5.74) is 1.12. The lowest BCUT2D eigenvalue weighted by atomic mass is 10.3. The summed E-state index contributed by atoms with van der Waals surface area (Å²) in [6.07, 6.45) is 2.05. The molecule has 0 spiro atoms. The number of piperazine rings is 1. The summed E-state index contributed by atoms with van der Waals surface area (Å²) in [4.78, 5) is 10.4. The van der Waals surface area contributed by atoms with Crippen LogP contribution >= 0.6 is 22.9 Å². The molecule has 92 valence electrons. The fourth-order valence-corrected chi connectivity index (χ4v) is 3.19. The Morgan fingerprint density at radius 3 is 2.82 bits per heavy atom. The normalized spacial score (nSPS) is 18.1. The van der Waals surface area contributed by atoms with Crippen LogP contribution in [0.1, 0.15) is 5.69 Å². The fraction of sp³-hybridized carbons (Fsp3) is 0.545. The first-order chi connectivity index (χ1) is 8.29. The van der Waals surface area contributed by atoms with E-state index >= 15 is 0 Å². The monoisotopic (exact) mass is 270 g/mol. The first-order valence-corrected chi connectivity index (χ1v) is 7.15. The van der Waals surface area contributed by atoms with Crippen LogP contribution in [-0.4, -0.2) is 47.5 Å². The molecule has 0 aliphatic carbocycles. The van der Waals surface area contributed by atoms with E-state index < -0.39 is 0 Å². The van der Waals surface area contributed by atoms with Gasteiger partial charge in [-0.15, -0.1) is 22.9 Å². The van der Waals surface area contributed by atoms with Crippen LogP contribution in [0.3, 0.4) is 0 Å². The quantitative estimate of drug-likeness (QED) is 0.779. The Balaban J connectivity index is 1.96. The van der Waals surface area contributed by atoms with Crippen LogP contribution in [0.5, 0.6) is 0 Å². The number of halogens is 1. The average Bonchev–Trinajstić information content (AvgIpc) is 2.89. The van der Waals surface area contributed by atoms with Crippen molar-refractivity contribution in [1.82, 2.24) is 14.3 Å². The van der Waals surface area contributed by atoms with Crippen molar-refractivity contribution in [2.45, 2.75) is 5.88 Å². The second-order valence-corrected chi connectivity index (χ2v) is 5.50. The highest BCUT2D eigenvalue weighted by molar-refractivity contribution is 7.15. The number of hydrogen-bond donors (Lipinski definition) is 0. The smallest absolute Gasteiger partial charge is 0.195 e. The number of imidazole rings is 1. The number of anilines is 1. The molecule has 2 aromatic rings. The zero-order chi connectivity index (χ0) is 11.8. The number of alkyl halides is 1. The third kappa shape index (κ3) is 1.92. The minimum Gasteiger partial charge on any atom is -0.352 e. The molecule has 0 atom stereocenters.